The number of fused-ring (bicyclic) bond motifs is 1. The molecule has 3 aromatic carbocycles. The summed E-state index contributed by atoms with van der Waals surface area (Å²) in [5.41, 5.74) is 1.39. The number of halogens is 4. The molecule has 0 amide bonds. The van der Waals surface area contributed by atoms with Gasteiger partial charge < -0.3 is 4.74 Å². The van der Waals surface area contributed by atoms with Crippen LogP contribution in [0.25, 0.3) is 10.8 Å². The fourth-order valence-electron chi connectivity index (χ4n) is 3.68. The van der Waals surface area contributed by atoms with Crippen LogP contribution in [0.1, 0.15) is 48.7 Å². The molecule has 0 unspecified atom stereocenters. The van der Waals surface area contributed by atoms with E-state index in [4.69, 9.17) is 4.74 Å². The van der Waals surface area contributed by atoms with Crippen LogP contribution in [0.3, 0.4) is 0 Å². The molecule has 1 heterocycles. The molecule has 4 rings (SSSR count). The molecule has 0 saturated carbocycles. The number of hydrogen-bond donors (Lipinski definition) is 0. The Morgan fingerprint density at radius 1 is 0.806 bits per heavy atom. The maximum absolute atomic E-state index is 14.6. The molecule has 36 heavy (non-hydrogen) atoms. The Morgan fingerprint density at radius 2 is 1.61 bits per heavy atom. The molecule has 0 saturated heterocycles. The summed E-state index contributed by atoms with van der Waals surface area (Å²) in [7, 11) is 0. The number of aryl methyl sites for hydroxylation is 2. The van der Waals surface area contributed by atoms with Crippen LogP contribution < -0.4 is 4.74 Å². The zero-order valence-electron chi connectivity index (χ0n) is 19.8. The average Bonchev–Trinajstić information content (AvgIpc) is 2.88. The number of unbranched alkanes of at least 4 members (excludes halogenated alkanes) is 2. The Hall–Kier alpha value is -3.92. The Labute approximate surface area is 207 Å². The van der Waals surface area contributed by atoms with Crippen molar-refractivity contribution in [1.82, 2.24) is 9.97 Å². The highest BCUT2D eigenvalue weighted by atomic mass is 19.2. The van der Waals surface area contributed by atoms with Crippen molar-refractivity contribution in [2.45, 2.75) is 39.0 Å². The molecule has 0 spiro atoms. The van der Waals surface area contributed by atoms with Gasteiger partial charge in [0, 0.05) is 17.4 Å². The molecule has 0 bridgehead atoms. The minimum Gasteiger partial charge on any atom is -0.490 e. The lowest BCUT2D eigenvalue weighted by Gasteiger charge is -2.06. The van der Waals surface area contributed by atoms with Crippen molar-refractivity contribution in [3.05, 3.63) is 101 Å². The van der Waals surface area contributed by atoms with Crippen LogP contribution in [0.4, 0.5) is 17.6 Å². The third-order valence-electron chi connectivity index (χ3n) is 5.68. The first-order valence-corrected chi connectivity index (χ1v) is 11.8. The van der Waals surface area contributed by atoms with E-state index in [1.165, 1.54) is 24.3 Å². The van der Waals surface area contributed by atoms with Crippen molar-refractivity contribution in [3.8, 4) is 17.6 Å². The summed E-state index contributed by atoms with van der Waals surface area (Å²) < 4.78 is 61.0. The van der Waals surface area contributed by atoms with E-state index in [1.54, 1.807) is 24.5 Å². The largest absolute Gasteiger partial charge is 0.490 e. The van der Waals surface area contributed by atoms with Crippen LogP contribution in [0.5, 0.6) is 5.75 Å². The zero-order valence-corrected chi connectivity index (χ0v) is 19.8. The number of hydrogen-bond acceptors (Lipinski definition) is 3. The van der Waals surface area contributed by atoms with Gasteiger partial charge in [-0.2, -0.15) is 0 Å². The van der Waals surface area contributed by atoms with Crippen LogP contribution in [0.15, 0.2) is 54.9 Å². The summed E-state index contributed by atoms with van der Waals surface area (Å²) in [5.74, 6) is 2.30. The topological polar surface area (TPSA) is 35.0 Å². The lowest BCUT2D eigenvalue weighted by molar-refractivity contribution is 0.303. The highest BCUT2D eigenvalue weighted by molar-refractivity contribution is 5.84. The fourth-order valence-corrected chi connectivity index (χ4v) is 3.68. The average molecular weight is 493 g/mol. The number of nitrogens with zero attached hydrogens (tertiary/aromatic N) is 2. The van der Waals surface area contributed by atoms with Crippen LogP contribution in [0.2, 0.25) is 0 Å². The Kier molecular flexibility index (Phi) is 8.17. The van der Waals surface area contributed by atoms with Crippen LogP contribution >= 0.6 is 0 Å². The lowest BCUT2D eigenvalue weighted by atomic mass is 10.0. The lowest BCUT2D eigenvalue weighted by Crippen LogP contribution is -2.02. The fraction of sp³-hybridized carbons (Fsp3) is 0.241. The minimum atomic E-state index is -1.51. The summed E-state index contributed by atoms with van der Waals surface area (Å²) in [6.45, 7) is 2.78. The van der Waals surface area contributed by atoms with Crippen molar-refractivity contribution >= 4 is 10.8 Å². The number of benzene rings is 3. The van der Waals surface area contributed by atoms with Crippen LogP contribution in [-0.2, 0) is 12.8 Å². The van der Waals surface area contributed by atoms with E-state index in [-0.39, 0.29) is 16.3 Å². The molecule has 0 N–H and O–H groups in total. The van der Waals surface area contributed by atoms with Crippen molar-refractivity contribution < 1.29 is 22.3 Å². The Morgan fingerprint density at radius 3 is 2.36 bits per heavy atom. The summed E-state index contributed by atoms with van der Waals surface area (Å²) in [6.07, 6.45) is 7.65. The van der Waals surface area contributed by atoms with Gasteiger partial charge in [0.25, 0.3) is 0 Å². The van der Waals surface area contributed by atoms with Gasteiger partial charge in [0.2, 0.25) is 0 Å². The zero-order chi connectivity index (χ0) is 25.5. The normalized spacial score (nSPS) is 10.8. The van der Waals surface area contributed by atoms with Crippen LogP contribution in [0, 0.1) is 35.1 Å². The first-order chi connectivity index (χ1) is 17.4. The summed E-state index contributed by atoms with van der Waals surface area (Å²) >= 11 is 0. The summed E-state index contributed by atoms with van der Waals surface area (Å²) in [5, 5.41) is 0.125. The molecule has 184 valence electrons. The highest BCUT2D eigenvalue weighted by Gasteiger charge is 2.13. The third-order valence-corrected chi connectivity index (χ3v) is 5.68. The molecule has 4 aromatic rings. The van der Waals surface area contributed by atoms with Gasteiger partial charge in [0.05, 0.1) is 24.6 Å². The highest BCUT2D eigenvalue weighted by Crippen LogP contribution is 2.24. The molecule has 0 fully saturated rings. The van der Waals surface area contributed by atoms with Gasteiger partial charge in [-0.05, 0) is 54.1 Å². The van der Waals surface area contributed by atoms with Crippen molar-refractivity contribution in [2.24, 2.45) is 0 Å². The van der Waals surface area contributed by atoms with Crippen molar-refractivity contribution in [2.75, 3.05) is 6.61 Å². The SMILES string of the molecule is CCCCCOc1cnc(CCc2ccc(C#Cc3ccc4c(F)c(F)c(F)cc4c3)c(F)c2)nc1. The van der Waals surface area contributed by atoms with Gasteiger partial charge in [-0.1, -0.05) is 43.7 Å². The number of rotatable bonds is 8. The molecule has 0 atom stereocenters. The third kappa shape index (κ3) is 6.19. The van der Waals surface area contributed by atoms with Crippen molar-refractivity contribution in [3.63, 3.8) is 0 Å². The Bertz CT molecular complexity index is 1430. The molecular weight excluding hydrogens is 468 g/mol. The smallest absolute Gasteiger partial charge is 0.195 e. The summed E-state index contributed by atoms with van der Waals surface area (Å²) in [6, 6.07) is 9.93. The Balaban J connectivity index is 1.38. The van der Waals surface area contributed by atoms with Gasteiger partial charge in [-0.15, -0.1) is 0 Å². The maximum Gasteiger partial charge on any atom is 0.195 e. The van der Waals surface area contributed by atoms with Gasteiger partial charge in [0.15, 0.2) is 23.2 Å². The maximum atomic E-state index is 14.6. The van der Waals surface area contributed by atoms with Gasteiger partial charge in [-0.25, -0.2) is 27.5 Å². The second kappa shape index (κ2) is 11.7. The molecule has 0 radical (unpaired) electrons. The number of aromatic nitrogens is 2. The van der Waals surface area contributed by atoms with E-state index in [0.717, 1.165) is 30.9 Å². The first kappa shape index (κ1) is 25.2. The van der Waals surface area contributed by atoms with E-state index in [9.17, 15) is 17.6 Å². The predicted octanol–water partition coefficient (Wildman–Crippen LogP) is 6.94. The monoisotopic (exact) mass is 492 g/mol. The molecule has 0 aliphatic heterocycles. The molecule has 1 aromatic heterocycles. The molecule has 0 aliphatic rings. The quantitative estimate of drug-likeness (QED) is 0.116. The molecule has 0 aliphatic carbocycles. The van der Waals surface area contributed by atoms with E-state index < -0.39 is 23.3 Å². The van der Waals surface area contributed by atoms with E-state index in [2.05, 4.69) is 28.7 Å². The molecule has 3 nitrogen and oxygen atoms in total. The molecule has 7 heteroatoms. The standard InChI is InChI=1S/C29H24F4N2O/c1-2-3-4-13-36-23-17-34-27(35-18-23)12-8-20-6-10-21(25(30)15-20)9-5-19-7-11-24-22(14-19)16-26(31)29(33)28(24)32/h6-7,10-11,14-18H,2-4,8,12-13H2,1H3. The van der Waals surface area contributed by atoms with E-state index in [1.807, 2.05) is 0 Å². The van der Waals surface area contributed by atoms with Gasteiger partial charge >= 0.3 is 0 Å². The van der Waals surface area contributed by atoms with Gasteiger partial charge in [0.1, 0.15) is 11.6 Å². The van der Waals surface area contributed by atoms with Crippen molar-refractivity contribution in [1.29, 1.82) is 0 Å². The van der Waals surface area contributed by atoms with E-state index in [0.29, 0.717) is 36.6 Å². The number of ether oxygens (including phenoxy) is 1. The van der Waals surface area contributed by atoms with Crippen LogP contribution in [-0.4, -0.2) is 16.6 Å². The van der Waals surface area contributed by atoms with Gasteiger partial charge in [-0.3, -0.25) is 0 Å². The first-order valence-electron chi connectivity index (χ1n) is 11.8. The van der Waals surface area contributed by atoms with E-state index >= 15 is 0 Å². The molecular formula is C29H24F4N2O. The summed E-state index contributed by atoms with van der Waals surface area (Å²) in [4.78, 5) is 8.63. The second-order valence-electron chi connectivity index (χ2n) is 8.38. The minimum absolute atomic E-state index is 0.0481. The second-order valence-corrected chi connectivity index (χ2v) is 8.38. The predicted molar refractivity (Wildman–Crippen MR) is 131 cm³/mol.